The van der Waals surface area contributed by atoms with E-state index in [-0.39, 0.29) is 25.7 Å². The van der Waals surface area contributed by atoms with E-state index in [2.05, 4.69) is 34.6 Å². The number of aliphatic hydroxyl groups is 1. The summed E-state index contributed by atoms with van der Waals surface area (Å²) in [5.41, 5.74) is 0. The van der Waals surface area contributed by atoms with E-state index in [0.717, 1.165) is 89.9 Å². The Labute approximate surface area is 568 Å². The highest BCUT2D eigenvalue weighted by atomic mass is 31.2. The van der Waals surface area contributed by atoms with Gasteiger partial charge in [-0.25, -0.2) is 9.13 Å². The van der Waals surface area contributed by atoms with Crippen molar-refractivity contribution in [2.24, 2.45) is 5.92 Å². The largest absolute Gasteiger partial charge is 0.472 e. The van der Waals surface area contributed by atoms with Crippen molar-refractivity contribution >= 4 is 39.5 Å². The van der Waals surface area contributed by atoms with E-state index in [4.69, 9.17) is 37.0 Å². The number of carbonyl (C=O) groups excluding carboxylic acids is 4. The van der Waals surface area contributed by atoms with Crippen LogP contribution in [-0.4, -0.2) is 96.7 Å². The van der Waals surface area contributed by atoms with E-state index in [1.807, 2.05) is 0 Å². The molecule has 0 saturated heterocycles. The van der Waals surface area contributed by atoms with Crippen LogP contribution in [0.25, 0.3) is 0 Å². The monoisotopic (exact) mass is 1370 g/mol. The van der Waals surface area contributed by atoms with E-state index in [9.17, 15) is 43.2 Å². The minimum atomic E-state index is -4.95. The quantitative estimate of drug-likeness (QED) is 0.0222. The molecular weight excluding hydrogens is 1220 g/mol. The fraction of sp³-hybridized carbons (Fsp3) is 0.946. The van der Waals surface area contributed by atoms with E-state index in [0.29, 0.717) is 31.6 Å². The van der Waals surface area contributed by atoms with Crippen molar-refractivity contribution in [1.29, 1.82) is 0 Å². The van der Waals surface area contributed by atoms with Gasteiger partial charge in [0.2, 0.25) is 0 Å². The van der Waals surface area contributed by atoms with Crippen LogP contribution in [0.4, 0.5) is 0 Å². The molecule has 552 valence electrons. The van der Waals surface area contributed by atoms with Gasteiger partial charge in [-0.2, -0.15) is 0 Å². The molecule has 0 fully saturated rings. The Bertz CT molecular complexity index is 1790. The first-order valence-electron chi connectivity index (χ1n) is 38.6. The van der Waals surface area contributed by atoms with Crippen LogP contribution in [0.15, 0.2) is 0 Å². The Morgan fingerprint density at radius 3 is 0.731 bits per heavy atom. The van der Waals surface area contributed by atoms with Gasteiger partial charge in [0.25, 0.3) is 0 Å². The molecule has 0 spiro atoms. The van der Waals surface area contributed by atoms with Gasteiger partial charge >= 0.3 is 39.5 Å². The second-order valence-electron chi connectivity index (χ2n) is 27.2. The second-order valence-corrected chi connectivity index (χ2v) is 30.1. The third kappa shape index (κ3) is 68.4. The Kier molecular flexibility index (Phi) is 65.9. The normalized spacial score (nSPS) is 14.0. The molecule has 0 rings (SSSR count). The summed E-state index contributed by atoms with van der Waals surface area (Å²) < 4.78 is 68.4. The fourth-order valence-corrected chi connectivity index (χ4v) is 12.9. The molecule has 0 aromatic rings. The molecule has 0 aromatic heterocycles. The van der Waals surface area contributed by atoms with Crippen LogP contribution >= 0.6 is 15.6 Å². The number of phosphoric acid groups is 2. The Morgan fingerprint density at radius 2 is 0.495 bits per heavy atom. The molecule has 0 heterocycles. The van der Waals surface area contributed by atoms with Gasteiger partial charge in [0.05, 0.1) is 26.4 Å². The van der Waals surface area contributed by atoms with E-state index in [1.54, 1.807) is 0 Å². The Balaban J connectivity index is 5.20. The molecule has 17 nitrogen and oxygen atoms in total. The Hall–Kier alpha value is -1.94. The minimum absolute atomic E-state index is 0.104. The smallest absolute Gasteiger partial charge is 0.462 e. The van der Waals surface area contributed by atoms with Crippen LogP contribution < -0.4 is 0 Å². The van der Waals surface area contributed by atoms with Crippen LogP contribution in [0.3, 0.4) is 0 Å². The van der Waals surface area contributed by atoms with Crippen LogP contribution in [0.1, 0.15) is 388 Å². The molecule has 0 aromatic carbocycles. The summed E-state index contributed by atoms with van der Waals surface area (Å²) in [6.45, 7) is 7.20. The van der Waals surface area contributed by atoms with E-state index in [1.165, 1.54) is 212 Å². The molecule has 0 amide bonds. The Morgan fingerprint density at radius 1 is 0.290 bits per heavy atom. The molecule has 5 atom stereocenters. The predicted octanol–water partition coefficient (Wildman–Crippen LogP) is 21.7. The first kappa shape index (κ1) is 91.1. The number of esters is 4. The van der Waals surface area contributed by atoms with Gasteiger partial charge in [-0.3, -0.25) is 37.3 Å². The number of ether oxygens (including phenoxy) is 4. The zero-order valence-corrected chi connectivity index (χ0v) is 62.2. The summed E-state index contributed by atoms with van der Waals surface area (Å²) >= 11 is 0. The zero-order valence-electron chi connectivity index (χ0n) is 60.4. The summed E-state index contributed by atoms with van der Waals surface area (Å²) in [5.74, 6) is -1.42. The average Bonchev–Trinajstić information content (AvgIpc) is 1.91. The summed E-state index contributed by atoms with van der Waals surface area (Å²) in [6, 6.07) is 0. The van der Waals surface area contributed by atoms with Gasteiger partial charge in [0.1, 0.15) is 19.3 Å². The van der Waals surface area contributed by atoms with Crippen LogP contribution in [0.2, 0.25) is 0 Å². The number of rotatable bonds is 74. The lowest BCUT2D eigenvalue weighted by molar-refractivity contribution is -0.161. The summed E-state index contributed by atoms with van der Waals surface area (Å²) in [5, 5.41) is 10.6. The molecular formula is C74H144O17P2. The first-order chi connectivity index (χ1) is 45.0. The molecule has 0 aliphatic carbocycles. The van der Waals surface area contributed by atoms with Gasteiger partial charge in [0.15, 0.2) is 12.2 Å². The first-order valence-corrected chi connectivity index (χ1v) is 41.6. The summed E-state index contributed by atoms with van der Waals surface area (Å²) in [7, 11) is -9.90. The fourth-order valence-electron chi connectivity index (χ4n) is 11.4. The van der Waals surface area contributed by atoms with Gasteiger partial charge in [-0.15, -0.1) is 0 Å². The maximum Gasteiger partial charge on any atom is 0.472 e. The number of carbonyl (C=O) groups is 4. The summed E-state index contributed by atoms with van der Waals surface area (Å²) in [4.78, 5) is 72.6. The van der Waals surface area contributed by atoms with Gasteiger partial charge in [-0.1, -0.05) is 336 Å². The third-order valence-corrected chi connectivity index (χ3v) is 19.2. The van der Waals surface area contributed by atoms with Gasteiger partial charge < -0.3 is 33.8 Å². The average molecular weight is 1370 g/mol. The molecule has 0 saturated carbocycles. The maximum absolute atomic E-state index is 13.1. The topological polar surface area (TPSA) is 237 Å². The lowest BCUT2D eigenvalue weighted by Gasteiger charge is -2.21. The maximum atomic E-state index is 13.1. The van der Waals surface area contributed by atoms with Crippen LogP contribution in [-0.2, 0) is 65.4 Å². The lowest BCUT2D eigenvalue weighted by Crippen LogP contribution is -2.30. The minimum Gasteiger partial charge on any atom is -0.462 e. The van der Waals surface area contributed by atoms with Crippen LogP contribution in [0, 0.1) is 5.92 Å². The van der Waals surface area contributed by atoms with Crippen molar-refractivity contribution in [3.63, 3.8) is 0 Å². The second kappa shape index (κ2) is 67.3. The van der Waals surface area contributed by atoms with Crippen molar-refractivity contribution in [2.75, 3.05) is 39.6 Å². The van der Waals surface area contributed by atoms with Crippen LogP contribution in [0.5, 0.6) is 0 Å². The van der Waals surface area contributed by atoms with Crippen molar-refractivity contribution < 1.29 is 80.2 Å². The SMILES string of the molecule is CCCCCCCCCCCCCCCCCCCCCC(=O)O[C@H](COC(=O)CCCCCCCCCCCCCCCCC)COP(=O)(O)OC[C@@H](O)COP(=O)(O)OC[C@@H](COC(=O)CCCCCCCCCCC)OC(=O)CCCCCCCCCC(C)C. The predicted molar refractivity (Wildman–Crippen MR) is 377 cm³/mol. The summed E-state index contributed by atoms with van der Waals surface area (Å²) in [6.07, 6.45) is 55.7. The van der Waals surface area contributed by atoms with E-state index >= 15 is 0 Å². The molecule has 0 radical (unpaired) electrons. The van der Waals surface area contributed by atoms with E-state index < -0.39 is 97.5 Å². The molecule has 0 aliphatic heterocycles. The molecule has 19 heteroatoms. The number of hydrogen-bond donors (Lipinski definition) is 3. The van der Waals surface area contributed by atoms with Crippen molar-refractivity contribution in [3.05, 3.63) is 0 Å². The van der Waals surface area contributed by atoms with Crippen molar-refractivity contribution in [3.8, 4) is 0 Å². The molecule has 0 bridgehead atoms. The van der Waals surface area contributed by atoms with Gasteiger partial charge in [0, 0.05) is 25.7 Å². The zero-order chi connectivity index (χ0) is 68.4. The standard InChI is InChI=1S/C74H144O17P2/c1-6-9-12-15-18-21-23-25-27-28-29-30-32-34-36-39-44-49-54-59-73(78)90-69(63-85-72(77)58-53-48-43-38-35-33-31-26-24-22-19-16-13-10-7-2)65-88-92(80,81)86-61-68(75)62-87-93(82,83)89-66-70(64-84-71(76)57-52-47-42-37-20-17-14-11-8-3)91-74(79)60-55-50-45-40-41-46-51-56-67(4)5/h67-70,75H,6-66H2,1-5H3,(H,80,81)(H,82,83)/t68-,69-,70-/m1/s1. The van der Waals surface area contributed by atoms with Crippen molar-refractivity contribution in [2.45, 2.75) is 406 Å². The molecule has 93 heavy (non-hydrogen) atoms. The number of unbranched alkanes of at least 4 members (excludes halogenated alkanes) is 46. The highest BCUT2D eigenvalue weighted by Crippen LogP contribution is 2.45. The number of aliphatic hydroxyl groups excluding tert-OH is 1. The number of phosphoric ester groups is 2. The molecule has 2 unspecified atom stereocenters. The highest BCUT2D eigenvalue weighted by molar-refractivity contribution is 7.47. The lowest BCUT2D eigenvalue weighted by atomic mass is 10.0. The van der Waals surface area contributed by atoms with Crippen molar-refractivity contribution in [1.82, 2.24) is 0 Å². The number of hydrogen-bond acceptors (Lipinski definition) is 15. The highest BCUT2D eigenvalue weighted by Gasteiger charge is 2.30. The molecule has 0 aliphatic rings. The third-order valence-electron chi connectivity index (χ3n) is 17.3. The van der Waals surface area contributed by atoms with Gasteiger partial charge in [-0.05, 0) is 31.6 Å². The molecule has 3 N–H and O–H groups in total.